The van der Waals surface area contributed by atoms with Crippen LogP contribution in [0.4, 0.5) is 5.82 Å². The molecule has 0 aliphatic heterocycles. The smallest absolute Gasteiger partial charge is 0.271 e. The minimum absolute atomic E-state index is 0.119. The first-order valence-electron chi connectivity index (χ1n) is 6.98. The zero-order valence-corrected chi connectivity index (χ0v) is 13.6. The van der Waals surface area contributed by atoms with Crippen LogP contribution >= 0.6 is 11.6 Å². The number of aromatic nitrogens is 2. The molecule has 1 aromatic heterocycles. The Morgan fingerprint density at radius 2 is 2.00 bits per heavy atom. The standard InChI is InChI=1S/C16H19ClN4O/c1-16(2,11-5-4-6-12(17)9-11)10-19-14-8-7-13(20-21-14)15(22)18-3/h4-9H,10H2,1-3H3,(H,18,22)(H,19,21). The molecule has 0 spiro atoms. The van der Waals surface area contributed by atoms with Crippen LogP contribution in [-0.2, 0) is 5.41 Å². The molecule has 1 aromatic carbocycles. The number of hydrogen-bond donors (Lipinski definition) is 2. The summed E-state index contributed by atoms with van der Waals surface area (Å²) < 4.78 is 0. The first kappa shape index (κ1) is 16.2. The number of benzene rings is 1. The second-order valence-corrected chi connectivity index (χ2v) is 6.07. The van der Waals surface area contributed by atoms with Gasteiger partial charge in [-0.1, -0.05) is 37.6 Å². The molecule has 0 radical (unpaired) electrons. The number of rotatable bonds is 5. The fourth-order valence-corrected chi connectivity index (χ4v) is 2.19. The van der Waals surface area contributed by atoms with Gasteiger partial charge < -0.3 is 10.6 Å². The Hall–Kier alpha value is -2.14. The normalized spacial score (nSPS) is 11.1. The molecule has 1 amide bonds. The third-order valence-corrected chi connectivity index (χ3v) is 3.68. The summed E-state index contributed by atoms with van der Waals surface area (Å²) in [6.07, 6.45) is 0. The van der Waals surface area contributed by atoms with Gasteiger partial charge >= 0.3 is 0 Å². The molecule has 0 saturated heterocycles. The third-order valence-electron chi connectivity index (χ3n) is 3.44. The van der Waals surface area contributed by atoms with E-state index in [1.807, 2.05) is 24.3 Å². The van der Waals surface area contributed by atoms with Gasteiger partial charge in [-0.2, -0.15) is 0 Å². The number of carbonyl (C=O) groups excluding carboxylic acids is 1. The molecule has 0 aliphatic carbocycles. The summed E-state index contributed by atoms with van der Waals surface area (Å²) in [6.45, 7) is 4.91. The van der Waals surface area contributed by atoms with E-state index in [0.717, 1.165) is 10.6 Å². The maximum atomic E-state index is 11.4. The monoisotopic (exact) mass is 318 g/mol. The summed E-state index contributed by atoms with van der Waals surface area (Å²) in [5, 5.41) is 14.4. The topological polar surface area (TPSA) is 66.9 Å². The molecule has 0 atom stereocenters. The number of anilines is 1. The van der Waals surface area contributed by atoms with Crippen molar-refractivity contribution in [2.75, 3.05) is 18.9 Å². The van der Waals surface area contributed by atoms with Crippen molar-refractivity contribution in [2.24, 2.45) is 0 Å². The van der Waals surface area contributed by atoms with Crippen LogP contribution in [0.25, 0.3) is 0 Å². The zero-order valence-electron chi connectivity index (χ0n) is 12.9. The summed E-state index contributed by atoms with van der Waals surface area (Å²) in [6, 6.07) is 11.2. The number of nitrogens with one attached hydrogen (secondary N) is 2. The van der Waals surface area contributed by atoms with Gasteiger partial charge in [0.2, 0.25) is 0 Å². The Bertz CT molecular complexity index is 655. The van der Waals surface area contributed by atoms with Gasteiger partial charge in [-0.25, -0.2) is 0 Å². The highest BCUT2D eigenvalue weighted by Crippen LogP contribution is 2.25. The fraction of sp³-hybridized carbons (Fsp3) is 0.312. The Morgan fingerprint density at radius 1 is 1.23 bits per heavy atom. The van der Waals surface area contributed by atoms with Gasteiger partial charge in [0.25, 0.3) is 5.91 Å². The summed E-state index contributed by atoms with van der Waals surface area (Å²) in [7, 11) is 1.56. The Labute approximate surface area is 135 Å². The van der Waals surface area contributed by atoms with Crippen LogP contribution in [-0.4, -0.2) is 29.7 Å². The first-order valence-corrected chi connectivity index (χ1v) is 7.36. The number of nitrogens with zero attached hydrogens (tertiary/aromatic N) is 2. The van der Waals surface area contributed by atoms with Crippen molar-refractivity contribution < 1.29 is 4.79 Å². The highest BCUT2D eigenvalue weighted by atomic mass is 35.5. The average Bonchev–Trinajstić information content (AvgIpc) is 2.53. The Balaban J connectivity index is 2.04. The van der Waals surface area contributed by atoms with Crippen LogP contribution in [0, 0.1) is 0 Å². The van der Waals surface area contributed by atoms with Gasteiger partial charge in [0.1, 0.15) is 5.82 Å². The molecule has 6 heteroatoms. The lowest BCUT2D eigenvalue weighted by atomic mass is 9.84. The van der Waals surface area contributed by atoms with Crippen LogP contribution in [0.2, 0.25) is 5.02 Å². The van der Waals surface area contributed by atoms with Gasteiger partial charge in [-0.15, -0.1) is 10.2 Å². The molecule has 5 nitrogen and oxygen atoms in total. The maximum absolute atomic E-state index is 11.4. The summed E-state index contributed by atoms with van der Waals surface area (Å²) in [5.74, 6) is 0.376. The Morgan fingerprint density at radius 3 is 2.59 bits per heavy atom. The van der Waals surface area contributed by atoms with Crippen molar-refractivity contribution in [3.8, 4) is 0 Å². The highest BCUT2D eigenvalue weighted by Gasteiger charge is 2.21. The summed E-state index contributed by atoms with van der Waals surface area (Å²) >= 11 is 6.05. The van der Waals surface area contributed by atoms with E-state index in [2.05, 4.69) is 34.7 Å². The molecule has 116 valence electrons. The van der Waals surface area contributed by atoms with Gasteiger partial charge in [0.05, 0.1) is 0 Å². The van der Waals surface area contributed by atoms with Crippen LogP contribution in [0.3, 0.4) is 0 Å². The number of halogens is 1. The first-order chi connectivity index (χ1) is 10.4. The molecule has 22 heavy (non-hydrogen) atoms. The van der Waals surface area contributed by atoms with E-state index in [9.17, 15) is 4.79 Å². The molecule has 2 rings (SSSR count). The summed E-state index contributed by atoms with van der Waals surface area (Å²) in [4.78, 5) is 11.4. The van der Waals surface area contributed by atoms with Crippen molar-refractivity contribution in [3.05, 3.63) is 52.7 Å². The predicted octanol–water partition coefficient (Wildman–Crippen LogP) is 2.88. The minimum atomic E-state index is -0.252. The van der Waals surface area contributed by atoms with Crippen LogP contribution < -0.4 is 10.6 Å². The van der Waals surface area contributed by atoms with E-state index in [-0.39, 0.29) is 11.3 Å². The number of carbonyl (C=O) groups is 1. The quantitative estimate of drug-likeness (QED) is 0.889. The average molecular weight is 319 g/mol. The van der Waals surface area contributed by atoms with E-state index in [0.29, 0.717) is 18.1 Å². The van der Waals surface area contributed by atoms with Crippen molar-refractivity contribution in [3.63, 3.8) is 0 Å². The lowest BCUT2D eigenvalue weighted by molar-refractivity contribution is 0.0957. The molecule has 0 aliphatic rings. The molecule has 0 saturated carbocycles. The maximum Gasteiger partial charge on any atom is 0.271 e. The van der Waals surface area contributed by atoms with Crippen LogP contribution in [0.5, 0.6) is 0 Å². The molecule has 2 N–H and O–H groups in total. The van der Waals surface area contributed by atoms with Gasteiger partial charge in [0, 0.05) is 24.0 Å². The van der Waals surface area contributed by atoms with Crippen molar-refractivity contribution in [1.82, 2.24) is 15.5 Å². The number of hydrogen-bond acceptors (Lipinski definition) is 4. The lowest BCUT2D eigenvalue weighted by Gasteiger charge is -2.26. The van der Waals surface area contributed by atoms with E-state index in [1.165, 1.54) is 0 Å². The molecule has 0 unspecified atom stereocenters. The molecule has 2 aromatic rings. The van der Waals surface area contributed by atoms with Gasteiger partial charge in [-0.3, -0.25) is 4.79 Å². The van der Waals surface area contributed by atoms with E-state index >= 15 is 0 Å². The third kappa shape index (κ3) is 3.95. The van der Waals surface area contributed by atoms with Gasteiger partial charge in [-0.05, 0) is 29.8 Å². The molecule has 0 fully saturated rings. The molecule has 1 heterocycles. The van der Waals surface area contributed by atoms with E-state index in [1.54, 1.807) is 19.2 Å². The van der Waals surface area contributed by atoms with Gasteiger partial charge in [0.15, 0.2) is 5.69 Å². The lowest BCUT2D eigenvalue weighted by Crippen LogP contribution is -2.28. The zero-order chi connectivity index (χ0) is 16.2. The predicted molar refractivity (Wildman–Crippen MR) is 88.4 cm³/mol. The minimum Gasteiger partial charge on any atom is -0.368 e. The second kappa shape index (κ2) is 6.75. The largest absolute Gasteiger partial charge is 0.368 e. The van der Waals surface area contributed by atoms with E-state index < -0.39 is 0 Å². The molecular weight excluding hydrogens is 300 g/mol. The van der Waals surface area contributed by atoms with Crippen molar-refractivity contribution in [1.29, 1.82) is 0 Å². The SMILES string of the molecule is CNC(=O)c1ccc(NCC(C)(C)c2cccc(Cl)c2)nn1. The van der Waals surface area contributed by atoms with E-state index in [4.69, 9.17) is 11.6 Å². The Kier molecular flexibility index (Phi) is 4.98. The molecule has 0 bridgehead atoms. The van der Waals surface area contributed by atoms with Crippen molar-refractivity contribution in [2.45, 2.75) is 19.3 Å². The highest BCUT2D eigenvalue weighted by molar-refractivity contribution is 6.30. The number of amides is 1. The molecular formula is C16H19ClN4O. The fourth-order valence-electron chi connectivity index (χ4n) is 2.00. The van der Waals surface area contributed by atoms with Crippen LogP contribution in [0.15, 0.2) is 36.4 Å². The summed E-state index contributed by atoms with van der Waals surface area (Å²) in [5.41, 5.74) is 1.32. The van der Waals surface area contributed by atoms with Crippen molar-refractivity contribution >= 4 is 23.3 Å². The second-order valence-electron chi connectivity index (χ2n) is 5.63. The van der Waals surface area contributed by atoms with Crippen LogP contribution in [0.1, 0.15) is 29.9 Å².